The first-order chi connectivity index (χ1) is 8.97. The van der Waals surface area contributed by atoms with Gasteiger partial charge >= 0.3 is 0 Å². The fourth-order valence-electron chi connectivity index (χ4n) is 2.19. The molecule has 0 unspecified atom stereocenters. The Morgan fingerprint density at radius 1 is 1.16 bits per heavy atom. The van der Waals surface area contributed by atoms with Gasteiger partial charge in [-0.1, -0.05) is 34.8 Å². The Morgan fingerprint density at radius 3 is 2.32 bits per heavy atom. The second-order valence-corrected chi connectivity index (χ2v) is 5.89. The van der Waals surface area contributed by atoms with Crippen LogP contribution in [0.25, 0.3) is 0 Å². The average Bonchev–Trinajstić information content (AvgIpc) is 2.36. The highest BCUT2D eigenvalue weighted by Gasteiger charge is 2.21. The van der Waals surface area contributed by atoms with Gasteiger partial charge in [0.25, 0.3) is 0 Å². The smallest absolute Gasteiger partial charge is 0.219 e. The number of anilines is 1. The molecule has 1 fully saturated rings. The summed E-state index contributed by atoms with van der Waals surface area (Å²) in [5, 5.41) is 4.85. The molecule has 0 bridgehead atoms. The van der Waals surface area contributed by atoms with E-state index >= 15 is 0 Å². The van der Waals surface area contributed by atoms with Gasteiger partial charge in [-0.25, -0.2) is 0 Å². The summed E-state index contributed by atoms with van der Waals surface area (Å²) in [5.74, 6) is 0.131. The SMILES string of the molecule is CC(=O)N1CCC(Nc2cc(Cl)c(Cl)cc2Cl)CC1. The molecular formula is C13H15Cl3N2O. The van der Waals surface area contributed by atoms with Crippen molar-refractivity contribution in [3.8, 4) is 0 Å². The number of halogens is 3. The molecule has 1 saturated heterocycles. The first-order valence-corrected chi connectivity index (χ1v) is 7.27. The largest absolute Gasteiger partial charge is 0.381 e. The van der Waals surface area contributed by atoms with E-state index in [0.29, 0.717) is 21.1 Å². The molecule has 6 heteroatoms. The summed E-state index contributed by atoms with van der Waals surface area (Å²) in [5.41, 5.74) is 0.789. The molecular weight excluding hydrogens is 307 g/mol. The molecule has 104 valence electrons. The number of likely N-dealkylation sites (tertiary alicyclic amines) is 1. The maximum atomic E-state index is 11.3. The van der Waals surface area contributed by atoms with Crippen LogP contribution in [0.5, 0.6) is 0 Å². The predicted molar refractivity (Wildman–Crippen MR) is 80.4 cm³/mol. The van der Waals surface area contributed by atoms with Crippen LogP contribution in [0.1, 0.15) is 19.8 Å². The fraction of sp³-hybridized carbons (Fsp3) is 0.462. The molecule has 1 heterocycles. The van der Waals surface area contributed by atoms with Gasteiger partial charge in [0.15, 0.2) is 0 Å². The lowest BCUT2D eigenvalue weighted by atomic mass is 10.0. The zero-order valence-electron chi connectivity index (χ0n) is 10.5. The van der Waals surface area contributed by atoms with E-state index in [1.807, 2.05) is 4.90 Å². The molecule has 0 atom stereocenters. The molecule has 0 saturated carbocycles. The minimum atomic E-state index is 0.131. The van der Waals surface area contributed by atoms with E-state index in [-0.39, 0.29) is 5.91 Å². The van der Waals surface area contributed by atoms with Crippen molar-refractivity contribution in [2.45, 2.75) is 25.8 Å². The monoisotopic (exact) mass is 320 g/mol. The van der Waals surface area contributed by atoms with Crippen molar-refractivity contribution in [2.75, 3.05) is 18.4 Å². The molecule has 1 aromatic carbocycles. The lowest BCUT2D eigenvalue weighted by Gasteiger charge is -2.32. The highest BCUT2D eigenvalue weighted by atomic mass is 35.5. The quantitative estimate of drug-likeness (QED) is 0.833. The second kappa shape index (κ2) is 6.21. The zero-order chi connectivity index (χ0) is 14.0. The third kappa shape index (κ3) is 3.68. The number of hydrogen-bond acceptors (Lipinski definition) is 2. The van der Waals surface area contributed by atoms with Gasteiger partial charge in [-0.2, -0.15) is 0 Å². The third-order valence-corrected chi connectivity index (χ3v) is 4.34. The van der Waals surface area contributed by atoms with Crippen molar-refractivity contribution in [3.05, 3.63) is 27.2 Å². The highest BCUT2D eigenvalue weighted by molar-refractivity contribution is 6.44. The van der Waals surface area contributed by atoms with Crippen LogP contribution in [-0.2, 0) is 4.79 Å². The van der Waals surface area contributed by atoms with Crippen LogP contribution in [0.2, 0.25) is 15.1 Å². The summed E-state index contributed by atoms with van der Waals surface area (Å²) in [6.45, 7) is 3.14. The lowest BCUT2D eigenvalue weighted by Crippen LogP contribution is -2.41. The molecule has 19 heavy (non-hydrogen) atoms. The maximum absolute atomic E-state index is 11.3. The van der Waals surface area contributed by atoms with E-state index in [2.05, 4.69) is 5.32 Å². The van der Waals surface area contributed by atoms with Crippen LogP contribution in [0, 0.1) is 0 Å². The first kappa shape index (κ1) is 14.8. The van der Waals surface area contributed by atoms with Crippen molar-refractivity contribution in [3.63, 3.8) is 0 Å². The molecule has 1 aliphatic heterocycles. The summed E-state index contributed by atoms with van der Waals surface area (Å²) in [6.07, 6.45) is 1.80. The standard InChI is InChI=1S/C13H15Cl3N2O/c1-8(19)18-4-2-9(3-5-18)17-13-7-11(15)10(14)6-12(13)16/h6-7,9,17H,2-5H2,1H3. The topological polar surface area (TPSA) is 32.3 Å². The Labute approximate surface area is 127 Å². The zero-order valence-corrected chi connectivity index (χ0v) is 12.8. The second-order valence-electron chi connectivity index (χ2n) is 4.67. The Kier molecular flexibility index (Phi) is 4.82. The van der Waals surface area contributed by atoms with Gasteiger partial charge in [0.1, 0.15) is 0 Å². The van der Waals surface area contributed by atoms with Crippen LogP contribution < -0.4 is 5.32 Å². The fourth-order valence-corrected chi connectivity index (χ4v) is 2.79. The number of rotatable bonds is 2. The van der Waals surface area contributed by atoms with Crippen LogP contribution in [0.15, 0.2) is 12.1 Å². The summed E-state index contributed by atoms with van der Waals surface area (Å²) < 4.78 is 0. The van der Waals surface area contributed by atoms with Gasteiger partial charge in [-0.3, -0.25) is 4.79 Å². The number of nitrogens with one attached hydrogen (secondary N) is 1. The normalized spacial score (nSPS) is 16.5. The number of amides is 1. The van der Waals surface area contributed by atoms with Gasteiger partial charge in [0, 0.05) is 26.1 Å². The Morgan fingerprint density at radius 2 is 1.74 bits per heavy atom. The molecule has 3 nitrogen and oxygen atoms in total. The molecule has 1 N–H and O–H groups in total. The maximum Gasteiger partial charge on any atom is 0.219 e. The average molecular weight is 322 g/mol. The summed E-state index contributed by atoms with van der Waals surface area (Å²) in [7, 11) is 0. The van der Waals surface area contributed by atoms with Crippen molar-refractivity contribution in [1.29, 1.82) is 0 Å². The minimum Gasteiger partial charge on any atom is -0.381 e. The van der Waals surface area contributed by atoms with Gasteiger partial charge in [-0.05, 0) is 25.0 Å². The summed E-state index contributed by atoms with van der Waals surface area (Å²) >= 11 is 18.0. The van der Waals surface area contributed by atoms with Gasteiger partial charge in [0.05, 0.1) is 20.8 Å². The van der Waals surface area contributed by atoms with E-state index in [4.69, 9.17) is 34.8 Å². The van der Waals surface area contributed by atoms with Gasteiger partial charge in [0.2, 0.25) is 5.91 Å². The lowest BCUT2D eigenvalue weighted by molar-refractivity contribution is -0.129. The molecule has 1 aliphatic rings. The van der Waals surface area contributed by atoms with E-state index in [9.17, 15) is 4.79 Å². The predicted octanol–water partition coefficient (Wildman–Crippen LogP) is 4.07. The molecule has 2 rings (SSSR count). The van der Waals surface area contributed by atoms with Crippen LogP contribution >= 0.6 is 34.8 Å². The van der Waals surface area contributed by atoms with Crippen molar-refractivity contribution >= 4 is 46.4 Å². The van der Waals surface area contributed by atoms with Crippen LogP contribution in [0.4, 0.5) is 5.69 Å². The van der Waals surface area contributed by atoms with Crippen molar-refractivity contribution in [1.82, 2.24) is 4.90 Å². The van der Waals surface area contributed by atoms with Gasteiger partial charge in [-0.15, -0.1) is 0 Å². The van der Waals surface area contributed by atoms with E-state index < -0.39 is 0 Å². The minimum absolute atomic E-state index is 0.131. The summed E-state index contributed by atoms with van der Waals surface area (Å²) in [4.78, 5) is 13.1. The number of carbonyl (C=O) groups is 1. The highest BCUT2D eigenvalue weighted by Crippen LogP contribution is 2.33. The van der Waals surface area contributed by atoms with Gasteiger partial charge < -0.3 is 10.2 Å². The van der Waals surface area contributed by atoms with E-state index in [1.54, 1.807) is 19.1 Å². The number of hydrogen-bond donors (Lipinski definition) is 1. The van der Waals surface area contributed by atoms with E-state index in [0.717, 1.165) is 31.6 Å². The molecule has 1 aromatic rings. The van der Waals surface area contributed by atoms with Crippen LogP contribution in [-0.4, -0.2) is 29.9 Å². The molecule has 0 spiro atoms. The molecule has 0 aromatic heterocycles. The Hall–Kier alpha value is -0.640. The molecule has 0 radical (unpaired) electrons. The number of carbonyl (C=O) groups excluding carboxylic acids is 1. The third-order valence-electron chi connectivity index (χ3n) is 3.31. The molecule has 0 aliphatic carbocycles. The molecule has 1 amide bonds. The van der Waals surface area contributed by atoms with Crippen LogP contribution in [0.3, 0.4) is 0 Å². The number of piperidine rings is 1. The van der Waals surface area contributed by atoms with Crippen molar-refractivity contribution in [2.24, 2.45) is 0 Å². The number of nitrogens with zero attached hydrogens (tertiary/aromatic N) is 1. The Balaban J connectivity index is 1.99. The van der Waals surface area contributed by atoms with Crippen molar-refractivity contribution < 1.29 is 4.79 Å². The number of benzene rings is 1. The first-order valence-electron chi connectivity index (χ1n) is 6.14. The Bertz CT molecular complexity index is 485. The summed E-state index contributed by atoms with van der Waals surface area (Å²) in [6, 6.07) is 3.67. The van der Waals surface area contributed by atoms with E-state index in [1.165, 1.54) is 0 Å².